The van der Waals surface area contributed by atoms with Crippen molar-refractivity contribution in [2.75, 3.05) is 0 Å². The molecule has 4 aromatic heterocycles. The van der Waals surface area contributed by atoms with Crippen molar-refractivity contribution < 1.29 is 0 Å². The lowest BCUT2D eigenvalue weighted by atomic mass is 10.2. The summed E-state index contributed by atoms with van der Waals surface area (Å²) < 4.78 is 4.57. The van der Waals surface area contributed by atoms with Gasteiger partial charge in [-0.25, -0.2) is 9.97 Å². The molecule has 0 radical (unpaired) electrons. The van der Waals surface area contributed by atoms with Crippen LogP contribution in [-0.4, -0.2) is 32.2 Å². The van der Waals surface area contributed by atoms with Crippen molar-refractivity contribution in [3.05, 3.63) is 212 Å². The van der Waals surface area contributed by atoms with E-state index in [1.54, 1.807) is 0 Å². The predicted octanol–water partition coefficient (Wildman–Crippen LogP) is 9.11. The molecule has 0 aliphatic heterocycles. The SMILES string of the molecule is c1ccc([Si](c2ccccc2)(c2ccccc2)c2cc(-c3nc(-n4c5ccccc5c5ccccc54)cc(-n4c5ccccc5c5ccccc54)n3)ccn2)cc1. The van der Waals surface area contributed by atoms with Gasteiger partial charge in [0.25, 0.3) is 0 Å². The number of fused-ring (bicyclic) bond motifs is 6. The molecule has 0 atom stereocenters. The Bertz CT molecular complexity index is 2910. The van der Waals surface area contributed by atoms with Crippen LogP contribution in [0.2, 0.25) is 0 Å². The van der Waals surface area contributed by atoms with Gasteiger partial charge in [0.05, 0.1) is 22.1 Å². The van der Waals surface area contributed by atoms with Gasteiger partial charge >= 0.3 is 0 Å². The minimum atomic E-state index is -2.92. The van der Waals surface area contributed by atoms with Crippen LogP contribution in [0.5, 0.6) is 0 Å². The fraction of sp³-hybridized carbons (Fsp3) is 0. The van der Waals surface area contributed by atoms with E-state index in [-0.39, 0.29) is 0 Å². The first-order valence-electron chi connectivity index (χ1n) is 19.3. The van der Waals surface area contributed by atoms with Crippen molar-refractivity contribution in [3.63, 3.8) is 0 Å². The third-order valence-electron chi connectivity index (χ3n) is 11.3. The van der Waals surface area contributed by atoms with E-state index in [0.717, 1.165) is 44.6 Å². The molecule has 4 heterocycles. The van der Waals surface area contributed by atoms with Crippen molar-refractivity contribution in [3.8, 4) is 23.0 Å². The van der Waals surface area contributed by atoms with Crippen LogP contribution in [0, 0.1) is 0 Å². The first kappa shape index (κ1) is 33.0. The molecule has 0 aliphatic rings. The maximum Gasteiger partial charge on any atom is 0.201 e. The lowest BCUT2D eigenvalue weighted by Crippen LogP contribution is -2.75. The first-order valence-corrected chi connectivity index (χ1v) is 21.3. The first-order chi connectivity index (χ1) is 28.3. The Hall–Kier alpha value is -7.41. The zero-order valence-electron chi connectivity index (χ0n) is 30.9. The molecule has 57 heavy (non-hydrogen) atoms. The van der Waals surface area contributed by atoms with Crippen molar-refractivity contribution >= 4 is 72.6 Å². The molecule has 7 aromatic carbocycles. The second-order valence-corrected chi connectivity index (χ2v) is 18.2. The van der Waals surface area contributed by atoms with E-state index in [1.165, 1.54) is 37.1 Å². The lowest BCUT2D eigenvalue weighted by molar-refractivity contribution is 0.993. The lowest BCUT2D eigenvalue weighted by Gasteiger charge is -2.33. The highest BCUT2D eigenvalue weighted by atomic mass is 28.3. The highest BCUT2D eigenvalue weighted by Crippen LogP contribution is 2.35. The van der Waals surface area contributed by atoms with Gasteiger partial charge in [-0.1, -0.05) is 164 Å². The molecule has 268 valence electrons. The third kappa shape index (κ3) is 5.19. The van der Waals surface area contributed by atoms with Crippen LogP contribution in [-0.2, 0) is 0 Å². The molecule has 6 heteroatoms. The Morgan fingerprint density at radius 3 is 1.09 bits per heavy atom. The highest BCUT2D eigenvalue weighted by molar-refractivity contribution is 7.19. The predicted molar refractivity (Wildman–Crippen MR) is 238 cm³/mol. The average molecular weight is 746 g/mol. The van der Waals surface area contributed by atoms with E-state index >= 15 is 0 Å². The Balaban J connectivity index is 1.22. The van der Waals surface area contributed by atoms with Gasteiger partial charge in [0.1, 0.15) is 11.6 Å². The second kappa shape index (κ2) is 13.4. The zero-order chi connectivity index (χ0) is 37.8. The smallest absolute Gasteiger partial charge is 0.201 e. The van der Waals surface area contributed by atoms with Gasteiger partial charge in [0.15, 0.2) is 5.82 Å². The Labute approximate surface area is 330 Å². The summed E-state index contributed by atoms with van der Waals surface area (Å²) >= 11 is 0. The highest BCUT2D eigenvalue weighted by Gasteiger charge is 2.43. The summed E-state index contributed by atoms with van der Waals surface area (Å²) in [6.45, 7) is 0. The van der Waals surface area contributed by atoms with Crippen molar-refractivity contribution in [1.82, 2.24) is 24.1 Å². The summed E-state index contributed by atoms with van der Waals surface area (Å²) in [6.07, 6.45) is 1.94. The van der Waals surface area contributed by atoms with Gasteiger partial charge in [-0.15, -0.1) is 0 Å². The van der Waals surface area contributed by atoms with E-state index in [2.05, 4.69) is 215 Å². The molecule has 11 aromatic rings. The number of hydrogen-bond donors (Lipinski definition) is 0. The zero-order valence-corrected chi connectivity index (χ0v) is 31.9. The van der Waals surface area contributed by atoms with Crippen LogP contribution in [0.25, 0.3) is 66.6 Å². The van der Waals surface area contributed by atoms with Gasteiger partial charge in [0.2, 0.25) is 8.07 Å². The fourth-order valence-electron chi connectivity index (χ4n) is 8.90. The average Bonchev–Trinajstić information content (AvgIpc) is 3.81. The van der Waals surface area contributed by atoms with Crippen LogP contribution >= 0.6 is 0 Å². The monoisotopic (exact) mass is 745 g/mol. The quantitative estimate of drug-likeness (QED) is 0.121. The largest absolute Gasteiger partial charge is 0.294 e. The fourth-order valence-corrected chi connectivity index (χ4v) is 13.5. The number of hydrogen-bond acceptors (Lipinski definition) is 3. The maximum absolute atomic E-state index is 5.48. The van der Waals surface area contributed by atoms with Gasteiger partial charge < -0.3 is 0 Å². The van der Waals surface area contributed by atoms with Crippen molar-refractivity contribution in [1.29, 1.82) is 0 Å². The number of benzene rings is 7. The van der Waals surface area contributed by atoms with Crippen molar-refractivity contribution in [2.45, 2.75) is 0 Å². The molecule has 0 N–H and O–H groups in total. The van der Waals surface area contributed by atoms with Crippen LogP contribution in [0.15, 0.2) is 212 Å². The molecule has 5 nitrogen and oxygen atoms in total. The number of rotatable bonds is 7. The van der Waals surface area contributed by atoms with Gasteiger partial charge in [-0.3, -0.25) is 14.1 Å². The van der Waals surface area contributed by atoms with E-state index in [1.807, 2.05) is 6.20 Å². The van der Waals surface area contributed by atoms with E-state index in [0.29, 0.717) is 5.82 Å². The molecule has 0 saturated carbocycles. The molecule has 0 bridgehead atoms. The van der Waals surface area contributed by atoms with Gasteiger partial charge in [0, 0.05) is 44.7 Å². The Kier molecular flexibility index (Phi) is 7.76. The van der Waals surface area contributed by atoms with E-state index in [4.69, 9.17) is 15.0 Å². The molecule has 0 aliphatic carbocycles. The van der Waals surface area contributed by atoms with Gasteiger partial charge in [-0.2, -0.15) is 0 Å². The van der Waals surface area contributed by atoms with Crippen LogP contribution in [0.4, 0.5) is 0 Å². The molecule has 0 saturated heterocycles. The summed E-state index contributed by atoms with van der Waals surface area (Å²) in [7, 11) is -2.92. The normalized spacial score (nSPS) is 11.9. The van der Waals surface area contributed by atoms with Crippen LogP contribution in [0.3, 0.4) is 0 Å². The number of nitrogens with zero attached hydrogens (tertiary/aromatic N) is 5. The Morgan fingerprint density at radius 1 is 0.351 bits per heavy atom. The van der Waals surface area contributed by atoms with Crippen molar-refractivity contribution in [2.24, 2.45) is 0 Å². The molecule has 0 unspecified atom stereocenters. The molecule has 0 fully saturated rings. The number of aromatic nitrogens is 5. The summed E-state index contributed by atoms with van der Waals surface area (Å²) in [5, 5.41) is 9.54. The van der Waals surface area contributed by atoms with Gasteiger partial charge in [-0.05, 0) is 52.0 Å². The molecular formula is C51H35N5Si. The van der Waals surface area contributed by atoms with Crippen LogP contribution in [0.1, 0.15) is 0 Å². The third-order valence-corrected chi connectivity index (χ3v) is 16.0. The summed E-state index contributed by atoms with van der Waals surface area (Å²) in [5.41, 5.74) is 5.28. The van der Waals surface area contributed by atoms with Crippen LogP contribution < -0.4 is 20.9 Å². The summed E-state index contributed by atoms with van der Waals surface area (Å²) in [4.78, 5) is 16.2. The van der Waals surface area contributed by atoms with E-state index in [9.17, 15) is 0 Å². The summed E-state index contributed by atoms with van der Waals surface area (Å²) in [5.74, 6) is 2.22. The standard InChI is InChI=1S/C51H35N5Si/c1-4-18-37(19-5-1)57(38-20-6-2-7-21-38,39-22-8-3-9-23-39)50-34-36(32-33-52-50)51-53-48(55-44-28-14-10-24-40(44)41-25-11-15-29-45(41)55)35-49(54-51)56-46-30-16-12-26-42(46)43-27-13-17-31-47(43)56/h1-35H. The minimum absolute atomic E-state index is 0.631. The molecular weight excluding hydrogens is 711 g/mol. The minimum Gasteiger partial charge on any atom is -0.294 e. The molecule has 0 amide bonds. The summed E-state index contributed by atoms with van der Waals surface area (Å²) in [6, 6.07) is 73.5. The maximum atomic E-state index is 5.48. The number of pyridine rings is 1. The molecule has 0 spiro atoms. The topological polar surface area (TPSA) is 48.5 Å². The molecule has 11 rings (SSSR count). The second-order valence-electron chi connectivity index (χ2n) is 14.4. The Morgan fingerprint density at radius 2 is 0.702 bits per heavy atom. The number of para-hydroxylation sites is 4. The van der Waals surface area contributed by atoms with E-state index < -0.39 is 8.07 Å².